The summed E-state index contributed by atoms with van der Waals surface area (Å²) in [6, 6.07) is 5.52. The number of rotatable bonds is 14. The zero-order valence-electron chi connectivity index (χ0n) is 17.6. The molecule has 0 aromatic heterocycles. The van der Waals surface area contributed by atoms with Crippen LogP contribution in [0.15, 0.2) is 23.1 Å². The summed E-state index contributed by atoms with van der Waals surface area (Å²) in [5.41, 5.74) is 0.748. The van der Waals surface area contributed by atoms with Gasteiger partial charge in [0.15, 0.2) is 6.61 Å². The smallest absolute Gasteiger partial charge is 0.481 e. The Labute approximate surface area is 193 Å². The average Bonchev–Trinajstić information content (AvgIpc) is 2.69. The number of nitrogens with zero attached hydrogens (tertiary/aromatic N) is 1. The molecule has 0 saturated heterocycles. The molecule has 0 radical (unpaired) electrons. The Morgan fingerprint density at radius 2 is 2.13 bits per heavy atom. The molecular formula is C19H30ClN2O5PS2. The lowest BCUT2D eigenvalue weighted by molar-refractivity contribution is -0.947. The van der Waals surface area contributed by atoms with Gasteiger partial charge in [0.1, 0.15) is 12.3 Å². The van der Waals surface area contributed by atoms with Gasteiger partial charge < -0.3 is 26.7 Å². The summed E-state index contributed by atoms with van der Waals surface area (Å²) in [6.45, 7) is 1.06. The summed E-state index contributed by atoms with van der Waals surface area (Å²) in [7, 11) is 0. The maximum Gasteiger partial charge on any atom is 0.481 e. The number of benzene rings is 1. The second kappa shape index (κ2) is 14.9. The Bertz CT molecular complexity index is 746. The maximum absolute atomic E-state index is 12.0. The third-order valence-electron chi connectivity index (χ3n) is 3.75. The van der Waals surface area contributed by atoms with Crippen molar-refractivity contribution in [3.8, 4) is 5.75 Å². The van der Waals surface area contributed by atoms with E-state index in [1.165, 1.54) is 6.66 Å². The number of nitrogens with one attached hydrogen (secondary N) is 1. The first-order valence-corrected chi connectivity index (χ1v) is 14.6. The summed E-state index contributed by atoms with van der Waals surface area (Å²) < 4.78 is 17.4. The van der Waals surface area contributed by atoms with Crippen molar-refractivity contribution in [1.29, 1.82) is 0 Å². The highest BCUT2D eigenvalue weighted by Crippen LogP contribution is 2.42. The number of amides is 1. The SMILES string of the molecule is CCCCCCO[N+](=CCc1cc(SC)ccc1O[P@](C)(=O)[S-])OC(=O)NCCCl. The van der Waals surface area contributed by atoms with Crippen LogP contribution in [0, 0.1) is 0 Å². The van der Waals surface area contributed by atoms with Crippen LogP contribution in [-0.4, -0.2) is 49.2 Å². The van der Waals surface area contributed by atoms with Crippen LogP contribution in [0.25, 0.3) is 0 Å². The molecule has 0 heterocycles. The molecular weight excluding hydrogens is 467 g/mol. The summed E-state index contributed by atoms with van der Waals surface area (Å²) in [4.78, 5) is 24.8. The van der Waals surface area contributed by atoms with Crippen LogP contribution in [0.2, 0.25) is 0 Å². The Morgan fingerprint density at radius 3 is 2.77 bits per heavy atom. The van der Waals surface area contributed by atoms with Crippen LogP contribution in [0.1, 0.15) is 38.2 Å². The van der Waals surface area contributed by atoms with E-state index in [9.17, 15) is 9.36 Å². The third kappa shape index (κ3) is 12.0. The van der Waals surface area contributed by atoms with Crippen molar-refractivity contribution < 1.29 is 28.5 Å². The molecule has 1 rings (SSSR count). The number of halogens is 1. The molecule has 0 saturated carbocycles. The van der Waals surface area contributed by atoms with Gasteiger partial charge in [-0.25, -0.2) is 9.63 Å². The van der Waals surface area contributed by atoms with Crippen molar-refractivity contribution in [3.05, 3.63) is 23.8 Å². The van der Waals surface area contributed by atoms with Gasteiger partial charge in [-0.1, -0.05) is 19.8 Å². The van der Waals surface area contributed by atoms with E-state index in [0.29, 0.717) is 18.8 Å². The van der Waals surface area contributed by atoms with Crippen molar-refractivity contribution in [2.24, 2.45) is 0 Å². The zero-order chi connectivity index (χ0) is 22.4. The van der Waals surface area contributed by atoms with Crippen LogP contribution in [0.4, 0.5) is 4.79 Å². The van der Waals surface area contributed by atoms with Crippen molar-refractivity contribution in [3.63, 3.8) is 0 Å². The van der Waals surface area contributed by atoms with Crippen LogP contribution >= 0.6 is 29.9 Å². The predicted octanol–water partition coefficient (Wildman–Crippen LogP) is 5.17. The number of hydrogen-bond acceptors (Lipinski definition) is 7. The fourth-order valence-corrected chi connectivity index (χ4v) is 3.68. The van der Waals surface area contributed by atoms with E-state index in [4.69, 9.17) is 38.0 Å². The minimum Gasteiger partial charge on any atom is -0.677 e. The van der Waals surface area contributed by atoms with Gasteiger partial charge in [-0.3, -0.25) is 0 Å². The number of unbranched alkanes of at least 4 members (excludes halogenated alkanes) is 3. The Morgan fingerprint density at radius 1 is 1.37 bits per heavy atom. The van der Waals surface area contributed by atoms with Gasteiger partial charge in [0.2, 0.25) is 4.90 Å². The summed E-state index contributed by atoms with van der Waals surface area (Å²) >= 11 is 12.1. The topological polar surface area (TPSA) is 76.9 Å². The van der Waals surface area contributed by atoms with Crippen molar-refractivity contribution in [2.45, 2.75) is 43.9 Å². The van der Waals surface area contributed by atoms with Crippen molar-refractivity contribution >= 4 is 54.5 Å². The first kappa shape index (κ1) is 27.0. The Hall–Kier alpha value is -1.02. The fraction of sp³-hybridized carbons (Fsp3) is 0.579. The molecule has 30 heavy (non-hydrogen) atoms. The molecule has 0 aliphatic carbocycles. The Kier molecular flexibility index (Phi) is 13.4. The average molecular weight is 497 g/mol. The van der Waals surface area contributed by atoms with Gasteiger partial charge in [-0.2, -0.15) is 0 Å². The first-order valence-electron chi connectivity index (χ1n) is 9.71. The second-order valence-corrected chi connectivity index (χ2v) is 11.4. The number of carbonyl (C=O) groups excluding carboxylic acids is 1. The molecule has 1 aromatic carbocycles. The molecule has 0 fully saturated rings. The third-order valence-corrected chi connectivity index (χ3v) is 5.41. The van der Waals surface area contributed by atoms with Crippen molar-refractivity contribution in [2.75, 3.05) is 32.0 Å². The largest absolute Gasteiger partial charge is 0.677 e. The lowest BCUT2D eigenvalue weighted by Crippen LogP contribution is -2.31. The van der Waals surface area contributed by atoms with E-state index in [0.717, 1.165) is 41.0 Å². The quantitative estimate of drug-likeness (QED) is 0.0556. The highest BCUT2D eigenvalue weighted by Gasteiger charge is 2.17. The minimum atomic E-state index is -3.14. The van der Waals surface area contributed by atoms with Crippen LogP contribution in [-0.2, 0) is 32.9 Å². The number of carbonyl (C=O) groups is 1. The van der Waals surface area contributed by atoms with Gasteiger partial charge in [0.05, 0.1) is 6.42 Å². The van der Waals surface area contributed by atoms with Gasteiger partial charge in [0, 0.05) is 29.5 Å². The fourth-order valence-electron chi connectivity index (χ4n) is 2.35. The van der Waals surface area contributed by atoms with Gasteiger partial charge >= 0.3 is 6.09 Å². The van der Waals surface area contributed by atoms with E-state index in [1.807, 2.05) is 18.4 Å². The second-order valence-electron chi connectivity index (χ2n) is 6.40. The Balaban J connectivity index is 2.95. The number of hydrogen-bond donors (Lipinski definition) is 1. The molecule has 1 atom stereocenters. The van der Waals surface area contributed by atoms with E-state index in [2.05, 4.69) is 12.2 Å². The summed E-state index contributed by atoms with van der Waals surface area (Å²) in [5, 5.41) is 2.52. The predicted molar refractivity (Wildman–Crippen MR) is 125 cm³/mol. The number of alkyl halides is 1. The summed E-state index contributed by atoms with van der Waals surface area (Å²) in [5.74, 6) is 0.705. The molecule has 0 aliphatic rings. The van der Waals surface area contributed by atoms with Gasteiger partial charge in [0.25, 0.3) is 6.21 Å². The van der Waals surface area contributed by atoms with Crippen LogP contribution < -0.4 is 9.84 Å². The standard InChI is InChI=1S/C19H30ClN2O5PS2/c1-4-5-6-7-14-25-22(26-19(23)21-12-11-20)13-10-16-15-17(30-3)8-9-18(16)27-28(2,24)29/h8-9,13,15H,4-7,10-12,14H2,1-3H3,(H-,21,23,24,29)/t28-/m0/s1. The highest BCUT2D eigenvalue weighted by molar-refractivity contribution is 8.34. The first-order chi connectivity index (χ1) is 14.3. The molecule has 0 unspecified atom stereocenters. The van der Waals surface area contributed by atoms with Crippen LogP contribution in [0.3, 0.4) is 0 Å². The molecule has 11 heteroatoms. The zero-order valence-corrected chi connectivity index (χ0v) is 20.9. The molecule has 1 aromatic rings. The van der Waals surface area contributed by atoms with Gasteiger partial charge in [-0.05, 0) is 37.3 Å². The molecule has 170 valence electrons. The molecule has 1 amide bonds. The summed E-state index contributed by atoms with van der Waals surface area (Å²) in [6.07, 6.45) is 7.29. The highest BCUT2D eigenvalue weighted by atomic mass is 35.5. The molecule has 7 nitrogen and oxygen atoms in total. The molecule has 0 aliphatic heterocycles. The van der Waals surface area contributed by atoms with E-state index >= 15 is 0 Å². The van der Waals surface area contributed by atoms with E-state index < -0.39 is 12.7 Å². The monoisotopic (exact) mass is 496 g/mol. The normalized spacial score (nSPS) is 13.4. The van der Waals surface area contributed by atoms with Crippen molar-refractivity contribution in [1.82, 2.24) is 5.32 Å². The van der Waals surface area contributed by atoms with Gasteiger partial charge in [-0.15, -0.1) is 28.2 Å². The minimum absolute atomic E-state index is 0.275. The van der Waals surface area contributed by atoms with Crippen LogP contribution in [0.5, 0.6) is 5.75 Å². The number of thioether (sulfide) groups is 1. The lowest BCUT2D eigenvalue weighted by atomic mass is 10.1. The molecule has 0 spiro atoms. The molecule has 1 N–H and O–H groups in total. The maximum atomic E-state index is 12.0. The lowest BCUT2D eigenvalue weighted by Gasteiger charge is -2.21. The molecule has 0 bridgehead atoms. The van der Waals surface area contributed by atoms with E-state index in [-0.39, 0.29) is 12.4 Å². The van der Waals surface area contributed by atoms with E-state index in [1.54, 1.807) is 24.0 Å².